The van der Waals surface area contributed by atoms with Gasteiger partial charge in [0.05, 0.1) is 6.07 Å². The Morgan fingerprint density at radius 3 is 2.50 bits per heavy atom. The standard InChI is InChI=1S/C9H16N2O2S/c1-2-11(8-9-4-3-5-9)14(12,13)7-6-10/h9H,2-5,7-8H2,1H3. The molecule has 1 fully saturated rings. The summed E-state index contributed by atoms with van der Waals surface area (Å²) >= 11 is 0. The third-order valence-corrected chi connectivity index (χ3v) is 4.37. The highest BCUT2D eigenvalue weighted by atomic mass is 32.2. The number of rotatable bonds is 5. The maximum Gasteiger partial charge on any atom is 0.227 e. The van der Waals surface area contributed by atoms with E-state index in [1.165, 1.54) is 10.7 Å². The Hall–Kier alpha value is -0.600. The van der Waals surface area contributed by atoms with E-state index in [0.717, 1.165) is 12.8 Å². The van der Waals surface area contributed by atoms with Crippen LogP contribution in [0.3, 0.4) is 0 Å². The molecule has 0 atom stereocenters. The molecule has 4 nitrogen and oxygen atoms in total. The van der Waals surface area contributed by atoms with Crippen LogP contribution in [0, 0.1) is 17.2 Å². The predicted octanol–water partition coefficient (Wildman–Crippen LogP) is 0.962. The lowest BCUT2D eigenvalue weighted by molar-refractivity contribution is 0.250. The quantitative estimate of drug-likeness (QED) is 0.687. The van der Waals surface area contributed by atoms with Crippen LogP contribution in [-0.2, 0) is 10.0 Å². The van der Waals surface area contributed by atoms with Crippen LogP contribution in [0.5, 0.6) is 0 Å². The first kappa shape index (κ1) is 11.5. The second kappa shape index (κ2) is 4.76. The molecule has 0 spiro atoms. The van der Waals surface area contributed by atoms with Gasteiger partial charge in [-0.2, -0.15) is 5.26 Å². The molecular formula is C9H16N2O2S. The van der Waals surface area contributed by atoms with Crippen molar-refractivity contribution in [3.63, 3.8) is 0 Å². The number of nitrogens with zero attached hydrogens (tertiary/aromatic N) is 2. The van der Waals surface area contributed by atoms with E-state index in [4.69, 9.17) is 5.26 Å². The van der Waals surface area contributed by atoms with Crippen LogP contribution >= 0.6 is 0 Å². The first-order chi connectivity index (χ1) is 6.60. The Bertz CT molecular complexity index is 314. The smallest absolute Gasteiger partial charge is 0.211 e. The second-order valence-corrected chi connectivity index (χ2v) is 5.63. The van der Waals surface area contributed by atoms with E-state index in [-0.39, 0.29) is 0 Å². The van der Waals surface area contributed by atoms with Gasteiger partial charge in [-0.15, -0.1) is 0 Å². The average molecular weight is 216 g/mol. The van der Waals surface area contributed by atoms with Crippen LogP contribution in [0.1, 0.15) is 26.2 Å². The average Bonchev–Trinajstić information content (AvgIpc) is 2.01. The highest BCUT2D eigenvalue weighted by Crippen LogP contribution is 2.27. The molecule has 0 N–H and O–H groups in total. The second-order valence-electron chi connectivity index (χ2n) is 3.66. The third-order valence-electron chi connectivity index (χ3n) is 2.68. The normalized spacial score (nSPS) is 17.8. The lowest BCUT2D eigenvalue weighted by Crippen LogP contribution is -2.38. The summed E-state index contributed by atoms with van der Waals surface area (Å²) in [4.78, 5) is 0. The molecule has 0 radical (unpaired) electrons. The fraction of sp³-hybridized carbons (Fsp3) is 0.889. The van der Waals surface area contributed by atoms with Crippen molar-refractivity contribution in [3.05, 3.63) is 0 Å². The van der Waals surface area contributed by atoms with Crippen molar-refractivity contribution in [2.45, 2.75) is 26.2 Å². The fourth-order valence-corrected chi connectivity index (χ4v) is 2.75. The Morgan fingerprint density at radius 1 is 1.50 bits per heavy atom. The van der Waals surface area contributed by atoms with E-state index in [9.17, 15) is 8.42 Å². The molecule has 5 heteroatoms. The molecule has 0 aromatic carbocycles. The molecule has 14 heavy (non-hydrogen) atoms. The van der Waals surface area contributed by atoms with Crippen LogP contribution in [-0.4, -0.2) is 31.6 Å². The molecule has 0 aromatic rings. The summed E-state index contributed by atoms with van der Waals surface area (Å²) in [7, 11) is -3.32. The highest BCUT2D eigenvalue weighted by molar-refractivity contribution is 7.89. The van der Waals surface area contributed by atoms with E-state index in [2.05, 4.69) is 0 Å². The minimum absolute atomic E-state index is 0.395. The van der Waals surface area contributed by atoms with Gasteiger partial charge in [0.2, 0.25) is 10.0 Å². The molecule has 0 saturated heterocycles. The molecule has 0 aliphatic heterocycles. The van der Waals surface area contributed by atoms with Gasteiger partial charge in [-0.25, -0.2) is 12.7 Å². The van der Waals surface area contributed by atoms with Crippen molar-refractivity contribution in [2.75, 3.05) is 18.8 Å². The minimum Gasteiger partial charge on any atom is -0.211 e. The molecule has 0 aromatic heterocycles. The summed E-state index contributed by atoms with van der Waals surface area (Å²) in [5.74, 6) is 0.122. The topological polar surface area (TPSA) is 61.2 Å². The first-order valence-corrected chi connectivity index (χ1v) is 6.56. The summed E-state index contributed by atoms with van der Waals surface area (Å²) in [5, 5.41) is 8.40. The van der Waals surface area contributed by atoms with Crippen LogP contribution < -0.4 is 0 Å². The number of hydrogen-bond acceptors (Lipinski definition) is 3. The fourth-order valence-electron chi connectivity index (χ4n) is 1.58. The van der Waals surface area contributed by atoms with Gasteiger partial charge < -0.3 is 0 Å². The summed E-state index contributed by atoms with van der Waals surface area (Å²) in [6.45, 7) is 2.88. The molecule has 1 aliphatic rings. The SMILES string of the molecule is CCN(CC1CCC1)S(=O)(=O)CC#N. The molecule has 1 aliphatic carbocycles. The molecule has 1 rings (SSSR count). The van der Waals surface area contributed by atoms with Crippen molar-refractivity contribution in [2.24, 2.45) is 5.92 Å². The number of nitriles is 1. The molecule has 1 saturated carbocycles. The Kier molecular flexibility index (Phi) is 3.90. The zero-order valence-corrected chi connectivity index (χ0v) is 9.26. The zero-order valence-electron chi connectivity index (χ0n) is 8.44. The molecule has 0 bridgehead atoms. The van der Waals surface area contributed by atoms with Gasteiger partial charge in [0.25, 0.3) is 0 Å². The molecule has 80 valence electrons. The van der Waals surface area contributed by atoms with Gasteiger partial charge in [-0.3, -0.25) is 0 Å². The van der Waals surface area contributed by atoms with Crippen molar-refractivity contribution in [1.82, 2.24) is 4.31 Å². The van der Waals surface area contributed by atoms with E-state index >= 15 is 0 Å². The van der Waals surface area contributed by atoms with Crippen LogP contribution in [0.15, 0.2) is 0 Å². The minimum atomic E-state index is -3.32. The van der Waals surface area contributed by atoms with Gasteiger partial charge in [0.15, 0.2) is 5.75 Å². The van der Waals surface area contributed by atoms with Crippen LogP contribution in [0.4, 0.5) is 0 Å². The zero-order chi connectivity index (χ0) is 10.6. The van der Waals surface area contributed by atoms with Gasteiger partial charge >= 0.3 is 0 Å². The van der Waals surface area contributed by atoms with Crippen molar-refractivity contribution < 1.29 is 8.42 Å². The van der Waals surface area contributed by atoms with Crippen molar-refractivity contribution in [3.8, 4) is 6.07 Å². The number of sulfonamides is 1. The molecule has 0 unspecified atom stereocenters. The molecule has 0 amide bonds. The largest absolute Gasteiger partial charge is 0.227 e. The Morgan fingerprint density at radius 2 is 2.14 bits per heavy atom. The van der Waals surface area contributed by atoms with E-state index in [0.29, 0.717) is 19.0 Å². The van der Waals surface area contributed by atoms with Gasteiger partial charge in [0, 0.05) is 13.1 Å². The van der Waals surface area contributed by atoms with Crippen molar-refractivity contribution >= 4 is 10.0 Å². The maximum absolute atomic E-state index is 11.5. The van der Waals surface area contributed by atoms with Crippen molar-refractivity contribution in [1.29, 1.82) is 5.26 Å². The monoisotopic (exact) mass is 216 g/mol. The Labute approximate surface area is 85.6 Å². The van der Waals surface area contributed by atoms with E-state index in [1.807, 2.05) is 6.92 Å². The Balaban J connectivity index is 2.56. The lowest BCUT2D eigenvalue weighted by atomic mass is 9.85. The van der Waals surface area contributed by atoms with E-state index in [1.54, 1.807) is 6.07 Å². The van der Waals surface area contributed by atoms with Gasteiger partial charge in [0.1, 0.15) is 0 Å². The van der Waals surface area contributed by atoms with Gasteiger partial charge in [-0.1, -0.05) is 13.3 Å². The number of hydrogen-bond donors (Lipinski definition) is 0. The van der Waals surface area contributed by atoms with Crippen LogP contribution in [0.2, 0.25) is 0 Å². The lowest BCUT2D eigenvalue weighted by Gasteiger charge is -2.30. The summed E-state index contributed by atoms with van der Waals surface area (Å²) in [5.41, 5.74) is 0. The maximum atomic E-state index is 11.5. The summed E-state index contributed by atoms with van der Waals surface area (Å²) < 4.78 is 24.5. The third kappa shape index (κ3) is 2.69. The summed E-state index contributed by atoms with van der Waals surface area (Å²) in [6.07, 6.45) is 3.46. The first-order valence-electron chi connectivity index (χ1n) is 4.95. The molecule has 0 heterocycles. The molecular weight excluding hydrogens is 200 g/mol. The van der Waals surface area contributed by atoms with Crippen LogP contribution in [0.25, 0.3) is 0 Å². The van der Waals surface area contributed by atoms with E-state index < -0.39 is 15.8 Å². The predicted molar refractivity (Wildman–Crippen MR) is 54.0 cm³/mol. The summed E-state index contributed by atoms with van der Waals surface area (Å²) in [6, 6.07) is 1.70. The highest BCUT2D eigenvalue weighted by Gasteiger charge is 2.26. The van der Waals surface area contributed by atoms with Gasteiger partial charge in [-0.05, 0) is 18.8 Å².